The summed E-state index contributed by atoms with van der Waals surface area (Å²) in [5, 5.41) is 5.92. The highest BCUT2D eigenvalue weighted by atomic mass is 19.1. The predicted molar refractivity (Wildman–Crippen MR) is 96.2 cm³/mol. The second-order valence-corrected chi connectivity index (χ2v) is 6.40. The lowest BCUT2D eigenvalue weighted by atomic mass is 9.91. The van der Waals surface area contributed by atoms with E-state index in [2.05, 4.69) is 10.6 Å². The molecule has 25 heavy (non-hydrogen) atoms. The third-order valence-corrected chi connectivity index (χ3v) is 4.73. The number of rotatable bonds is 5. The number of carbonyl (C=O) groups excluding carboxylic acids is 1. The fourth-order valence-corrected chi connectivity index (χ4v) is 3.42. The second-order valence-electron chi connectivity index (χ2n) is 6.40. The summed E-state index contributed by atoms with van der Waals surface area (Å²) in [5.74, 6) is 0.852. The Hall–Kier alpha value is -2.56. The van der Waals surface area contributed by atoms with Crippen LogP contribution in [0.4, 0.5) is 14.9 Å². The van der Waals surface area contributed by atoms with Crippen LogP contribution in [0.1, 0.15) is 37.3 Å². The van der Waals surface area contributed by atoms with Gasteiger partial charge in [-0.1, -0.05) is 25.0 Å². The second kappa shape index (κ2) is 8.01. The molecule has 0 saturated heterocycles. The number of methoxy groups -OCH3 is 1. The van der Waals surface area contributed by atoms with Crippen molar-refractivity contribution in [2.45, 2.75) is 31.7 Å². The lowest BCUT2D eigenvalue weighted by Crippen LogP contribution is -2.35. The van der Waals surface area contributed by atoms with E-state index >= 15 is 0 Å². The van der Waals surface area contributed by atoms with Crippen LogP contribution < -0.4 is 15.4 Å². The van der Waals surface area contributed by atoms with E-state index in [0.29, 0.717) is 11.6 Å². The van der Waals surface area contributed by atoms with Gasteiger partial charge in [0, 0.05) is 5.69 Å². The van der Waals surface area contributed by atoms with E-state index in [9.17, 15) is 9.18 Å². The molecule has 0 heterocycles. The number of benzene rings is 2. The number of anilines is 1. The molecule has 1 aliphatic carbocycles. The molecule has 2 N–H and O–H groups in total. The quantitative estimate of drug-likeness (QED) is 0.813. The zero-order valence-electron chi connectivity index (χ0n) is 14.3. The summed E-state index contributed by atoms with van der Waals surface area (Å²) in [7, 11) is 1.60. The van der Waals surface area contributed by atoms with Crippen molar-refractivity contribution in [1.29, 1.82) is 0 Å². The van der Waals surface area contributed by atoms with Crippen LogP contribution >= 0.6 is 0 Å². The molecule has 2 amide bonds. The first kappa shape index (κ1) is 17.3. The monoisotopic (exact) mass is 342 g/mol. The van der Waals surface area contributed by atoms with E-state index in [0.717, 1.165) is 24.2 Å². The van der Waals surface area contributed by atoms with Gasteiger partial charge in [-0.25, -0.2) is 9.18 Å². The predicted octanol–water partition coefficient (Wildman–Crippen LogP) is 4.89. The first-order valence-electron chi connectivity index (χ1n) is 8.63. The van der Waals surface area contributed by atoms with Gasteiger partial charge in [-0.3, -0.25) is 0 Å². The molecule has 1 fully saturated rings. The van der Waals surface area contributed by atoms with Crippen molar-refractivity contribution >= 4 is 11.7 Å². The third-order valence-electron chi connectivity index (χ3n) is 4.73. The molecule has 132 valence electrons. The number of ether oxygens (including phenoxy) is 1. The van der Waals surface area contributed by atoms with Crippen LogP contribution in [0.2, 0.25) is 0 Å². The first-order chi connectivity index (χ1) is 12.2. The summed E-state index contributed by atoms with van der Waals surface area (Å²) in [5.41, 5.74) is 1.64. The van der Waals surface area contributed by atoms with Gasteiger partial charge >= 0.3 is 6.03 Å². The van der Waals surface area contributed by atoms with Crippen molar-refractivity contribution in [3.63, 3.8) is 0 Å². The Labute approximate surface area is 147 Å². The van der Waals surface area contributed by atoms with Crippen LogP contribution in [0.5, 0.6) is 5.75 Å². The fourth-order valence-electron chi connectivity index (χ4n) is 3.42. The molecule has 1 saturated carbocycles. The molecule has 1 atom stereocenters. The largest absolute Gasteiger partial charge is 0.497 e. The summed E-state index contributed by atoms with van der Waals surface area (Å²) < 4.78 is 18.3. The van der Waals surface area contributed by atoms with E-state index in [-0.39, 0.29) is 17.9 Å². The number of amides is 2. The van der Waals surface area contributed by atoms with E-state index in [1.807, 2.05) is 0 Å². The maximum absolute atomic E-state index is 13.2. The molecule has 2 aromatic carbocycles. The van der Waals surface area contributed by atoms with Crippen LogP contribution in [-0.4, -0.2) is 13.1 Å². The summed E-state index contributed by atoms with van der Waals surface area (Å²) in [6.45, 7) is 0. The zero-order chi connectivity index (χ0) is 17.6. The van der Waals surface area contributed by atoms with Gasteiger partial charge in [0.2, 0.25) is 0 Å². The van der Waals surface area contributed by atoms with Crippen LogP contribution in [0.15, 0.2) is 48.5 Å². The van der Waals surface area contributed by atoms with E-state index in [1.165, 1.54) is 25.0 Å². The van der Waals surface area contributed by atoms with E-state index in [1.54, 1.807) is 43.5 Å². The smallest absolute Gasteiger partial charge is 0.319 e. The molecule has 1 aliphatic rings. The normalized spacial score (nSPS) is 15.6. The van der Waals surface area contributed by atoms with Gasteiger partial charge in [-0.2, -0.15) is 0 Å². The number of urea groups is 1. The van der Waals surface area contributed by atoms with Gasteiger partial charge in [-0.15, -0.1) is 0 Å². The fraction of sp³-hybridized carbons (Fsp3) is 0.350. The van der Waals surface area contributed by atoms with E-state index < -0.39 is 0 Å². The highest BCUT2D eigenvalue weighted by molar-refractivity contribution is 5.89. The maximum atomic E-state index is 13.2. The van der Waals surface area contributed by atoms with Crippen LogP contribution in [0.25, 0.3) is 0 Å². The Kier molecular flexibility index (Phi) is 5.53. The average molecular weight is 342 g/mol. The first-order valence-corrected chi connectivity index (χ1v) is 8.63. The number of nitrogens with one attached hydrogen (secondary N) is 2. The average Bonchev–Trinajstić information content (AvgIpc) is 3.15. The van der Waals surface area contributed by atoms with Crippen molar-refractivity contribution in [3.05, 3.63) is 59.9 Å². The topological polar surface area (TPSA) is 50.4 Å². The molecule has 2 aromatic rings. The highest BCUT2D eigenvalue weighted by Crippen LogP contribution is 2.35. The van der Waals surface area contributed by atoms with Crippen molar-refractivity contribution in [2.75, 3.05) is 12.4 Å². The van der Waals surface area contributed by atoms with Crippen LogP contribution in [-0.2, 0) is 0 Å². The highest BCUT2D eigenvalue weighted by Gasteiger charge is 2.27. The molecule has 5 heteroatoms. The number of hydrogen-bond donors (Lipinski definition) is 2. The summed E-state index contributed by atoms with van der Waals surface area (Å²) in [6.07, 6.45) is 4.49. The molecule has 0 aromatic heterocycles. The molecule has 0 spiro atoms. The van der Waals surface area contributed by atoms with Gasteiger partial charge in [0.25, 0.3) is 0 Å². The van der Waals surface area contributed by atoms with Crippen molar-refractivity contribution < 1.29 is 13.9 Å². The van der Waals surface area contributed by atoms with Crippen molar-refractivity contribution in [1.82, 2.24) is 5.32 Å². The lowest BCUT2D eigenvalue weighted by molar-refractivity contribution is 0.242. The Morgan fingerprint density at radius 1 is 1.08 bits per heavy atom. The Bertz CT molecular complexity index is 695. The minimum absolute atomic E-state index is 0.110. The molecule has 0 unspecified atom stereocenters. The van der Waals surface area contributed by atoms with E-state index in [4.69, 9.17) is 4.74 Å². The van der Waals surface area contributed by atoms with Gasteiger partial charge in [0.15, 0.2) is 0 Å². The Morgan fingerprint density at radius 3 is 2.32 bits per heavy atom. The van der Waals surface area contributed by atoms with Gasteiger partial charge in [0.1, 0.15) is 11.6 Å². The molecule has 0 aliphatic heterocycles. The minimum Gasteiger partial charge on any atom is -0.497 e. The Balaban J connectivity index is 1.70. The zero-order valence-corrected chi connectivity index (χ0v) is 14.3. The SMILES string of the molecule is COc1ccc(NC(=O)N[C@H](c2ccc(F)cc2)C2CCCC2)cc1. The number of halogens is 1. The van der Waals surface area contributed by atoms with Gasteiger partial charge in [0.05, 0.1) is 13.2 Å². The molecular formula is C20H23FN2O2. The minimum atomic E-state index is -0.267. The molecule has 0 bridgehead atoms. The van der Waals surface area contributed by atoms with Crippen LogP contribution in [0.3, 0.4) is 0 Å². The van der Waals surface area contributed by atoms with Gasteiger partial charge < -0.3 is 15.4 Å². The lowest BCUT2D eigenvalue weighted by Gasteiger charge is -2.25. The molecular weight excluding hydrogens is 319 g/mol. The standard InChI is InChI=1S/C20H23FN2O2/c1-25-18-12-10-17(11-13-18)22-20(24)23-19(14-4-2-3-5-14)15-6-8-16(21)9-7-15/h6-14,19H,2-5H2,1H3,(H2,22,23,24)/t19-/m0/s1. The summed E-state index contributed by atoms with van der Waals surface area (Å²) >= 11 is 0. The molecule has 0 radical (unpaired) electrons. The third kappa shape index (κ3) is 4.50. The summed E-state index contributed by atoms with van der Waals surface area (Å²) in [4.78, 5) is 12.4. The summed E-state index contributed by atoms with van der Waals surface area (Å²) in [6, 6.07) is 13.2. The van der Waals surface area contributed by atoms with Crippen molar-refractivity contribution in [2.24, 2.45) is 5.92 Å². The number of hydrogen-bond acceptors (Lipinski definition) is 2. The molecule has 3 rings (SSSR count). The maximum Gasteiger partial charge on any atom is 0.319 e. The van der Waals surface area contributed by atoms with Gasteiger partial charge in [-0.05, 0) is 60.7 Å². The van der Waals surface area contributed by atoms with Crippen molar-refractivity contribution in [3.8, 4) is 5.75 Å². The Morgan fingerprint density at radius 2 is 1.72 bits per heavy atom. The van der Waals surface area contributed by atoms with Crippen LogP contribution in [0, 0.1) is 11.7 Å². The number of carbonyl (C=O) groups is 1. The molecule has 4 nitrogen and oxygen atoms in total.